The molecule has 6 rings (SSSR count). The minimum absolute atomic E-state index is 0.122. The molecule has 0 saturated carbocycles. The smallest absolute Gasteiger partial charge is 0.350 e. The van der Waals surface area contributed by atoms with Gasteiger partial charge in [-0.15, -0.1) is 0 Å². The van der Waals surface area contributed by atoms with Gasteiger partial charge in [-0.2, -0.15) is 0 Å². The van der Waals surface area contributed by atoms with Crippen LogP contribution in [0.3, 0.4) is 0 Å². The summed E-state index contributed by atoms with van der Waals surface area (Å²) < 4.78 is 17.2. The van der Waals surface area contributed by atoms with E-state index < -0.39 is 23.7 Å². The average Bonchev–Trinajstić information content (AvgIpc) is 3.60. The first-order valence-electron chi connectivity index (χ1n) is 15.3. The molecule has 1 aliphatic rings. The van der Waals surface area contributed by atoms with Crippen molar-refractivity contribution in [1.29, 1.82) is 0 Å². The van der Waals surface area contributed by atoms with E-state index in [0.29, 0.717) is 46.2 Å². The standard InChI is InChI=1S/C38H32N2O7S/c1-4-45-37(44)35-24(3)39-38(48-35)40-32(26-14-11-17-29(21-26)47-27-15-9-6-10-16-27)31(34(42)36(40)43)33(41)30-19-18-28(20-23(30)2)46-22-25-12-7-5-8-13-25/h5-21,32,41H,4,22H2,1-3H3/b33-31+. The molecule has 1 aromatic heterocycles. The van der Waals surface area contributed by atoms with Crippen molar-refractivity contribution >= 4 is 39.9 Å². The number of amides is 1. The second-order valence-corrected chi connectivity index (χ2v) is 12.0. The summed E-state index contributed by atoms with van der Waals surface area (Å²) in [7, 11) is 0. The summed E-state index contributed by atoms with van der Waals surface area (Å²) in [5, 5.41) is 11.9. The van der Waals surface area contributed by atoms with Crippen LogP contribution in [0.15, 0.2) is 109 Å². The number of hydrogen-bond acceptors (Lipinski definition) is 9. The normalized spacial score (nSPS) is 15.4. The Kier molecular flexibility index (Phi) is 9.36. The van der Waals surface area contributed by atoms with Gasteiger partial charge in [0.2, 0.25) is 0 Å². The maximum Gasteiger partial charge on any atom is 0.350 e. The number of aryl methyl sites for hydroxylation is 2. The van der Waals surface area contributed by atoms with Gasteiger partial charge in [0.05, 0.1) is 23.9 Å². The van der Waals surface area contributed by atoms with Gasteiger partial charge in [-0.05, 0) is 79.9 Å². The molecule has 9 nitrogen and oxygen atoms in total. The Bertz CT molecular complexity index is 2020. The van der Waals surface area contributed by atoms with Crippen molar-refractivity contribution in [3.63, 3.8) is 0 Å². The Balaban J connectivity index is 1.43. The highest BCUT2D eigenvalue weighted by Gasteiger charge is 2.48. The van der Waals surface area contributed by atoms with E-state index >= 15 is 0 Å². The van der Waals surface area contributed by atoms with Crippen LogP contribution in [0.4, 0.5) is 5.13 Å². The highest BCUT2D eigenvalue weighted by atomic mass is 32.1. The first-order valence-corrected chi connectivity index (χ1v) is 16.1. The summed E-state index contributed by atoms with van der Waals surface area (Å²) in [6, 6.07) is 29.9. The summed E-state index contributed by atoms with van der Waals surface area (Å²) in [6.07, 6.45) is 0. The van der Waals surface area contributed by atoms with Crippen molar-refractivity contribution in [3.8, 4) is 17.2 Å². The summed E-state index contributed by atoms with van der Waals surface area (Å²) in [6.45, 7) is 5.65. The molecule has 1 amide bonds. The number of ether oxygens (including phenoxy) is 3. The minimum atomic E-state index is -1.08. The molecule has 1 unspecified atom stereocenters. The van der Waals surface area contributed by atoms with Crippen LogP contribution < -0.4 is 14.4 Å². The lowest BCUT2D eigenvalue weighted by atomic mass is 9.94. The van der Waals surface area contributed by atoms with Crippen molar-refractivity contribution < 1.29 is 33.7 Å². The summed E-state index contributed by atoms with van der Waals surface area (Å²) in [5.41, 5.74) is 2.74. The second kappa shape index (κ2) is 13.9. The van der Waals surface area contributed by atoms with Crippen molar-refractivity contribution in [3.05, 3.63) is 142 Å². The topological polar surface area (TPSA) is 115 Å². The maximum absolute atomic E-state index is 13.8. The molecule has 4 aromatic carbocycles. The third-order valence-electron chi connectivity index (χ3n) is 7.75. The minimum Gasteiger partial charge on any atom is -0.507 e. The number of aliphatic hydroxyl groups is 1. The molecule has 2 heterocycles. The van der Waals surface area contributed by atoms with Crippen LogP contribution in [-0.4, -0.2) is 34.4 Å². The largest absolute Gasteiger partial charge is 0.507 e. The molecule has 1 fully saturated rings. The Morgan fingerprint density at radius 3 is 2.29 bits per heavy atom. The van der Waals surface area contributed by atoms with Gasteiger partial charge in [0, 0.05) is 5.56 Å². The van der Waals surface area contributed by atoms with E-state index in [2.05, 4.69) is 4.98 Å². The van der Waals surface area contributed by atoms with Crippen LogP contribution in [0, 0.1) is 13.8 Å². The van der Waals surface area contributed by atoms with Gasteiger partial charge in [-0.1, -0.05) is 72.0 Å². The lowest BCUT2D eigenvalue weighted by molar-refractivity contribution is -0.132. The van der Waals surface area contributed by atoms with E-state index in [1.165, 1.54) is 4.90 Å². The third-order valence-corrected chi connectivity index (χ3v) is 8.89. The van der Waals surface area contributed by atoms with Gasteiger partial charge in [-0.3, -0.25) is 14.5 Å². The molecule has 0 radical (unpaired) electrons. The zero-order chi connectivity index (χ0) is 33.8. The van der Waals surface area contributed by atoms with Gasteiger partial charge in [0.25, 0.3) is 5.78 Å². The molecule has 242 valence electrons. The molecule has 0 spiro atoms. The van der Waals surface area contributed by atoms with Crippen LogP contribution >= 0.6 is 11.3 Å². The van der Waals surface area contributed by atoms with Gasteiger partial charge in [-0.25, -0.2) is 9.78 Å². The Labute approximate surface area is 281 Å². The fourth-order valence-corrected chi connectivity index (χ4v) is 6.45. The van der Waals surface area contributed by atoms with Crippen molar-refractivity contribution in [1.82, 2.24) is 4.98 Å². The number of carbonyl (C=O) groups is 3. The first-order chi connectivity index (χ1) is 23.2. The van der Waals surface area contributed by atoms with E-state index in [9.17, 15) is 19.5 Å². The monoisotopic (exact) mass is 660 g/mol. The molecule has 5 aromatic rings. The Morgan fingerprint density at radius 1 is 0.875 bits per heavy atom. The SMILES string of the molecule is CCOC(=O)c1sc(N2C(=O)C(=O)/C(=C(/O)c3ccc(OCc4ccccc4)cc3C)C2c2cccc(Oc3ccccc3)c2)nc1C. The number of para-hydroxylation sites is 1. The van der Waals surface area contributed by atoms with Gasteiger partial charge in [0.15, 0.2) is 5.13 Å². The van der Waals surface area contributed by atoms with Gasteiger partial charge >= 0.3 is 11.9 Å². The van der Waals surface area contributed by atoms with E-state index in [4.69, 9.17) is 14.2 Å². The second-order valence-electron chi connectivity index (χ2n) is 11.0. The third kappa shape index (κ3) is 6.56. The highest BCUT2D eigenvalue weighted by Crippen LogP contribution is 2.45. The van der Waals surface area contributed by atoms with Crippen LogP contribution in [0.25, 0.3) is 5.76 Å². The van der Waals surface area contributed by atoms with Crippen molar-refractivity contribution in [2.45, 2.75) is 33.4 Å². The Morgan fingerprint density at radius 2 is 1.58 bits per heavy atom. The van der Waals surface area contributed by atoms with Crippen LogP contribution in [-0.2, 0) is 20.9 Å². The van der Waals surface area contributed by atoms with Crippen LogP contribution in [0.5, 0.6) is 17.2 Å². The summed E-state index contributed by atoms with van der Waals surface area (Å²) >= 11 is 0.949. The molecule has 1 saturated heterocycles. The maximum atomic E-state index is 13.8. The van der Waals surface area contributed by atoms with Gasteiger partial charge in [0.1, 0.15) is 34.5 Å². The van der Waals surface area contributed by atoms with Crippen molar-refractivity contribution in [2.24, 2.45) is 0 Å². The number of nitrogens with zero attached hydrogens (tertiary/aromatic N) is 2. The number of esters is 1. The van der Waals surface area contributed by atoms with E-state index in [0.717, 1.165) is 16.9 Å². The number of carbonyl (C=O) groups excluding carboxylic acids is 3. The van der Waals surface area contributed by atoms with Crippen molar-refractivity contribution in [2.75, 3.05) is 11.5 Å². The zero-order valence-electron chi connectivity index (χ0n) is 26.5. The molecule has 1 N–H and O–H groups in total. The molecular weight excluding hydrogens is 628 g/mol. The number of aliphatic hydroxyl groups excluding tert-OH is 1. The quantitative estimate of drug-likeness (QED) is 0.0695. The molecule has 10 heteroatoms. The number of benzene rings is 4. The number of hydrogen-bond donors (Lipinski definition) is 1. The molecule has 1 aliphatic heterocycles. The Hall–Kier alpha value is -5.74. The molecule has 0 bridgehead atoms. The molecule has 1 atom stereocenters. The summed E-state index contributed by atoms with van der Waals surface area (Å²) in [4.78, 5) is 46.3. The first kappa shape index (κ1) is 32.2. The highest BCUT2D eigenvalue weighted by molar-refractivity contribution is 7.17. The number of ketones is 1. The lowest BCUT2D eigenvalue weighted by Crippen LogP contribution is -2.29. The molecular formula is C38H32N2O7S. The average molecular weight is 661 g/mol. The number of Topliss-reactive ketones (excluding diaryl/α,β-unsaturated/α-hetero) is 1. The fourth-order valence-electron chi connectivity index (χ4n) is 5.47. The predicted molar refractivity (Wildman–Crippen MR) is 183 cm³/mol. The number of thiazole rings is 1. The van der Waals surface area contributed by atoms with E-state index in [-0.39, 0.29) is 27.9 Å². The van der Waals surface area contributed by atoms with Gasteiger partial charge < -0.3 is 19.3 Å². The molecule has 48 heavy (non-hydrogen) atoms. The fraction of sp³-hybridized carbons (Fsp3) is 0.158. The number of anilines is 1. The van der Waals surface area contributed by atoms with E-state index in [1.54, 1.807) is 63.2 Å². The summed E-state index contributed by atoms with van der Waals surface area (Å²) in [5.74, 6) is -1.05. The number of aromatic nitrogens is 1. The number of rotatable bonds is 10. The van der Waals surface area contributed by atoms with Crippen LogP contribution in [0.2, 0.25) is 0 Å². The van der Waals surface area contributed by atoms with E-state index in [1.807, 2.05) is 60.7 Å². The predicted octanol–water partition coefficient (Wildman–Crippen LogP) is 7.93. The molecule has 0 aliphatic carbocycles. The zero-order valence-corrected chi connectivity index (χ0v) is 27.3. The lowest BCUT2D eigenvalue weighted by Gasteiger charge is -2.23. The van der Waals surface area contributed by atoms with Crippen LogP contribution in [0.1, 0.15) is 50.6 Å².